The van der Waals surface area contributed by atoms with Crippen LogP contribution in [0, 0.1) is 17.0 Å². The van der Waals surface area contributed by atoms with Crippen LogP contribution in [0.5, 0.6) is 0 Å². The minimum absolute atomic E-state index is 0.249. The molecule has 0 aliphatic heterocycles. The molecule has 2 rings (SSSR count). The topological polar surface area (TPSA) is 110 Å². The maximum absolute atomic E-state index is 12.5. The molecule has 2 aromatic rings. The lowest BCUT2D eigenvalue weighted by atomic mass is 10.2. The zero-order chi connectivity index (χ0) is 19.5. The summed E-state index contributed by atoms with van der Waals surface area (Å²) < 4.78 is 26.8. The molecule has 8 nitrogen and oxygen atoms in total. The predicted octanol–water partition coefficient (Wildman–Crippen LogP) is 2.92. The van der Waals surface area contributed by atoms with Crippen LogP contribution in [-0.2, 0) is 14.8 Å². The first-order chi connectivity index (χ1) is 12.1. The summed E-state index contributed by atoms with van der Waals surface area (Å²) in [5.74, 6) is -0.525. The Bertz CT molecular complexity index is 962. The number of nitro benzene ring substituents is 1. The second kappa shape index (κ2) is 7.94. The van der Waals surface area contributed by atoms with E-state index < -0.39 is 27.4 Å². The van der Waals surface area contributed by atoms with Crippen molar-refractivity contribution in [1.82, 2.24) is 4.31 Å². The van der Waals surface area contributed by atoms with E-state index in [0.29, 0.717) is 5.69 Å². The summed E-state index contributed by atoms with van der Waals surface area (Å²) in [7, 11) is -2.80. The monoisotopic (exact) mass is 441 g/mol. The zero-order valence-corrected chi connectivity index (χ0v) is 16.4. The van der Waals surface area contributed by atoms with Crippen molar-refractivity contribution in [3.63, 3.8) is 0 Å². The number of nitrogens with one attached hydrogen (secondary N) is 1. The molecule has 1 amide bonds. The summed E-state index contributed by atoms with van der Waals surface area (Å²) in [5.41, 5.74) is 1.12. The Morgan fingerprint density at radius 1 is 1.27 bits per heavy atom. The number of carbonyl (C=O) groups is 1. The van der Waals surface area contributed by atoms with Gasteiger partial charge in [0.15, 0.2) is 0 Å². The number of non-ortho nitro benzene ring substituents is 1. The summed E-state index contributed by atoms with van der Waals surface area (Å²) in [5, 5.41) is 13.4. The molecule has 0 saturated carbocycles. The van der Waals surface area contributed by atoms with Crippen LogP contribution < -0.4 is 5.32 Å². The molecular formula is C16H16BrN3O5S. The van der Waals surface area contributed by atoms with E-state index in [1.54, 1.807) is 18.2 Å². The fourth-order valence-corrected chi connectivity index (χ4v) is 3.56. The average molecular weight is 442 g/mol. The molecular weight excluding hydrogens is 426 g/mol. The van der Waals surface area contributed by atoms with Gasteiger partial charge in [-0.05, 0) is 36.8 Å². The number of hydrogen-bond acceptors (Lipinski definition) is 5. The SMILES string of the molecule is Cc1cc(NC(=O)CN(C)S(=O)(=O)c2cccc([N+](=O)[O-])c2)ccc1Br. The molecule has 0 fully saturated rings. The Balaban J connectivity index is 2.13. The Morgan fingerprint density at radius 2 is 1.96 bits per heavy atom. The molecule has 0 bridgehead atoms. The van der Waals surface area contributed by atoms with E-state index in [4.69, 9.17) is 0 Å². The summed E-state index contributed by atoms with van der Waals surface area (Å²) in [4.78, 5) is 22.0. The summed E-state index contributed by atoms with van der Waals surface area (Å²) >= 11 is 3.36. The van der Waals surface area contributed by atoms with Crippen LogP contribution in [0.3, 0.4) is 0 Å². The second-order valence-electron chi connectivity index (χ2n) is 5.53. The molecule has 0 saturated heterocycles. The number of anilines is 1. The van der Waals surface area contributed by atoms with Gasteiger partial charge >= 0.3 is 0 Å². The van der Waals surface area contributed by atoms with Crippen molar-refractivity contribution in [3.05, 3.63) is 62.6 Å². The van der Waals surface area contributed by atoms with Crippen molar-refractivity contribution >= 4 is 43.2 Å². The molecule has 10 heteroatoms. The number of carbonyl (C=O) groups excluding carboxylic acids is 1. The number of nitro groups is 1. The average Bonchev–Trinajstić information content (AvgIpc) is 2.58. The van der Waals surface area contributed by atoms with Crippen molar-refractivity contribution < 1.29 is 18.1 Å². The van der Waals surface area contributed by atoms with Crippen LogP contribution in [0.15, 0.2) is 51.8 Å². The van der Waals surface area contributed by atoms with Crippen molar-refractivity contribution in [2.75, 3.05) is 18.9 Å². The largest absolute Gasteiger partial charge is 0.325 e. The van der Waals surface area contributed by atoms with E-state index in [0.717, 1.165) is 20.4 Å². The third-order valence-electron chi connectivity index (χ3n) is 3.54. The van der Waals surface area contributed by atoms with Gasteiger partial charge in [0.05, 0.1) is 16.4 Å². The Kier molecular flexibility index (Phi) is 6.11. The van der Waals surface area contributed by atoms with Gasteiger partial charge in [-0.3, -0.25) is 14.9 Å². The highest BCUT2D eigenvalue weighted by atomic mass is 79.9. The molecule has 0 heterocycles. The van der Waals surface area contributed by atoms with Crippen LogP contribution in [0.4, 0.5) is 11.4 Å². The van der Waals surface area contributed by atoms with Gasteiger partial charge in [-0.2, -0.15) is 4.31 Å². The molecule has 26 heavy (non-hydrogen) atoms. The highest BCUT2D eigenvalue weighted by Crippen LogP contribution is 2.21. The fraction of sp³-hybridized carbons (Fsp3) is 0.188. The normalized spacial score (nSPS) is 11.4. The standard InChI is InChI=1S/C16H16BrN3O5S/c1-11-8-12(6-7-15(11)17)18-16(21)10-19(2)26(24,25)14-5-3-4-13(9-14)20(22)23/h3-9H,10H2,1-2H3,(H,18,21). The summed E-state index contributed by atoms with van der Waals surface area (Å²) in [6.45, 7) is 1.43. The molecule has 1 N–H and O–H groups in total. The van der Waals surface area contributed by atoms with Crippen LogP contribution >= 0.6 is 15.9 Å². The second-order valence-corrected chi connectivity index (χ2v) is 8.43. The molecule has 0 spiro atoms. The number of sulfonamides is 1. The van der Waals surface area contributed by atoms with Crippen LogP contribution in [0.1, 0.15) is 5.56 Å². The first-order valence-corrected chi connectivity index (χ1v) is 9.61. The van der Waals surface area contributed by atoms with Gasteiger partial charge in [-0.25, -0.2) is 8.42 Å². The molecule has 0 aromatic heterocycles. The van der Waals surface area contributed by atoms with E-state index in [-0.39, 0.29) is 10.6 Å². The lowest BCUT2D eigenvalue weighted by Gasteiger charge is -2.17. The minimum atomic E-state index is -4.04. The third-order valence-corrected chi connectivity index (χ3v) is 6.23. The number of nitrogens with zero attached hydrogens (tertiary/aromatic N) is 2. The Morgan fingerprint density at radius 3 is 2.58 bits per heavy atom. The number of likely N-dealkylation sites (N-methyl/N-ethyl adjacent to an activating group) is 1. The number of hydrogen-bond donors (Lipinski definition) is 1. The van der Waals surface area contributed by atoms with Gasteiger partial charge in [-0.1, -0.05) is 22.0 Å². The molecule has 0 radical (unpaired) electrons. The number of rotatable bonds is 6. The van der Waals surface area contributed by atoms with E-state index in [1.807, 2.05) is 6.92 Å². The maximum Gasteiger partial charge on any atom is 0.270 e. The summed E-state index contributed by atoms with van der Waals surface area (Å²) in [6, 6.07) is 9.89. The van der Waals surface area contributed by atoms with Crippen molar-refractivity contribution in [2.24, 2.45) is 0 Å². The van der Waals surface area contributed by atoms with Gasteiger partial charge in [0.25, 0.3) is 5.69 Å². The van der Waals surface area contributed by atoms with Crippen molar-refractivity contribution in [1.29, 1.82) is 0 Å². The van der Waals surface area contributed by atoms with Crippen molar-refractivity contribution in [3.8, 4) is 0 Å². The first kappa shape index (κ1) is 20.0. The first-order valence-electron chi connectivity index (χ1n) is 7.38. The van der Waals surface area contributed by atoms with Gasteiger partial charge in [0.1, 0.15) is 0 Å². The zero-order valence-electron chi connectivity index (χ0n) is 14.0. The Hall–Kier alpha value is -2.30. The smallest absolute Gasteiger partial charge is 0.270 e. The molecule has 0 unspecified atom stereocenters. The fourth-order valence-electron chi connectivity index (χ4n) is 2.15. The summed E-state index contributed by atoms with van der Waals surface area (Å²) in [6.07, 6.45) is 0. The molecule has 0 aliphatic carbocycles. The highest BCUT2D eigenvalue weighted by Gasteiger charge is 2.24. The molecule has 0 atom stereocenters. The minimum Gasteiger partial charge on any atom is -0.325 e. The number of benzene rings is 2. The lowest BCUT2D eigenvalue weighted by Crippen LogP contribution is -2.35. The predicted molar refractivity (Wildman–Crippen MR) is 100 cm³/mol. The molecule has 138 valence electrons. The van der Waals surface area contributed by atoms with E-state index in [1.165, 1.54) is 25.2 Å². The third kappa shape index (κ3) is 4.65. The number of aryl methyl sites for hydroxylation is 1. The maximum atomic E-state index is 12.5. The van der Waals surface area contributed by atoms with Gasteiger partial charge in [0, 0.05) is 29.3 Å². The van der Waals surface area contributed by atoms with Crippen LogP contribution in [0.25, 0.3) is 0 Å². The highest BCUT2D eigenvalue weighted by molar-refractivity contribution is 9.10. The van der Waals surface area contributed by atoms with Gasteiger partial charge < -0.3 is 5.32 Å². The van der Waals surface area contributed by atoms with Gasteiger partial charge in [0.2, 0.25) is 15.9 Å². The van der Waals surface area contributed by atoms with E-state index >= 15 is 0 Å². The number of halogens is 1. The lowest BCUT2D eigenvalue weighted by molar-refractivity contribution is -0.385. The van der Waals surface area contributed by atoms with E-state index in [9.17, 15) is 23.3 Å². The van der Waals surface area contributed by atoms with Crippen molar-refractivity contribution in [2.45, 2.75) is 11.8 Å². The molecule has 2 aromatic carbocycles. The quantitative estimate of drug-likeness (QED) is 0.547. The van der Waals surface area contributed by atoms with E-state index in [2.05, 4.69) is 21.2 Å². The molecule has 0 aliphatic rings. The number of amides is 1. The van der Waals surface area contributed by atoms with Crippen LogP contribution in [-0.4, -0.2) is 37.1 Å². The van der Waals surface area contributed by atoms with Gasteiger partial charge in [-0.15, -0.1) is 0 Å². The van der Waals surface area contributed by atoms with Crippen LogP contribution in [0.2, 0.25) is 0 Å². The Labute approximate surface area is 159 Å².